The lowest BCUT2D eigenvalue weighted by Crippen LogP contribution is -2.20. The predicted octanol–water partition coefficient (Wildman–Crippen LogP) is 3.17. The van der Waals surface area contributed by atoms with Crippen LogP contribution in [0.15, 0.2) is 47.6 Å². The highest BCUT2D eigenvalue weighted by Crippen LogP contribution is 2.29. The van der Waals surface area contributed by atoms with Gasteiger partial charge in [0.25, 0.3) is 0 Å². The fraction of sp³-hybridized carbons (Fsp3) is 0.188. The van der Waals surface area contributed by atoms with Crippen LogP contribution in [0.2, 0.25) is 0 Å². The van der Waals surface area contributed by atoms with Crippen LogP contribution in [-0.4, -0.2) is 18.1 Å². The average Bonchev–Trinajstić information content (AvgIpc) is 2.46. The van der Waals surface area contributed by atoms with E-state index in [-0.39, 0.29) is 5.84 Å². The Bertz CT molecular complexity index is 650. The molecule has 2 aromatic carbocycles. The molecule has 0 radical (unpaired) electrons. The maximum absolute atomic E-state index is 8.95. The van der Waals surface area contributed by atoms with Gasteiger partial charge in [0.05, 0.1) is 5.69 Å². The lowest BCUT2D eigenvalue weighted by molar-refractivity contribution is 0.318. The highest BCUT2D eigenvalue weighted by molar-refractivity contribution is 6.03. The molecular formula is C16H19N3O. The Morgan fingerprint density at radius 3 is 2.45 bits per heavy atom. The molecule has 0 aliphatic carbocycles. The largest absolute Gasteiger partial charge is 0.409 e. The van der Waals surface area contributed by atoms with E-state index in [0.717, 1.165) is 22.5 Å². The van der Waals surface area contributed by atoms with Crippen LogP contribution in [0, 0.1) is 13.8 Å². The van der Waals surface area contributed by atoms with Crippen LogP contribution in [0.5, 0.6) is 0 Å². The van der Waals surface area contributed by atoms with Gasteiger partial charge in [-0.25, -0.2) is 0 Å². The average molecular weight is 269 g/mol. The number of aryl methyl sites for hydroxylation is 2. The van der Waals surface area contributed by atoms with Crippen molar-refractivity contribution in [3.63, 3.8) is 0 Å². The smallest absolute Gasteiger partial charge is 0.172 e. The number of nitrogens with zero attached hydrogens (tertiary/aromatic N) is 2. The normalized spacial score (nSPS) is 11.4. The van der Waals surface area contributed by atoms with Crippen molar-refractivity contribution in [1.82, 2.24) is 0 Å². The molecule has 0 heterocycles. The van der Waals surface area contributed by atoms with Crippen LogP contribution >= 0.6 is 0 Å². The first-order valence-electron chi connectivity index (χ1n) is 6.42. The molecule has 0 saturated heterocycles. The first-order valence-corrected chi connectivity index (χ1v) is 6.42. The van der Waals surface area contributed by atoms with Crippen LogP contribution in [0.4, 0.5) is 11.4 Å². The third-order valence-electron chi connectivity index (χ3n) is 3.37. The molecule has 3 N–H and O–H groups in total. The Morgan fingerprint density at radius 2 is 1.80 bits per heavy atom. The van der Waals surface area contributed by atoms with Crippen LogP contribution in [0.1, 0.15) is 16.7 Å². The molecule has 0 aliphatic rings. The molecule has 0 aliphatic heterocycles. The van der Waals surface area contributed by atoms with E-state index < -0.39 is 0 Å². The third-order valence-corrected chi connectivity index (χ3v) is 3.37. The van der Waals surface area contributed by atoms with Crippen molar-refractivity contribution in [3.8, 4) is 0 Å². The van der Waals surface area contributed by atoms with Gasteiger partial charge in [0, 0.05) is 18.3 Å². The quantitative estimate of drug-likeness (QED) is 0.389. The number of benzene rings is 2. The van der Waals surface area contributed by atoms with Crippen LogP contribution < -0.4 is 10.6 Å². The van der Waals surface area contributed by atoms with Crippen molar-refractivity contribution in [1.29, 1.82) is 0 Å². The zero-order valence-corrected chi connectivity index (χ0v) is 12.0. The second kappa shape index (κ2) is 5.65. The van der Waals surface area contributed by atoms with Gasteiger partial charge < -0.3 is 15.8 Å². The monoisotopic (exact) mass is 269 g/mol. The number of nitrogens with two attached hydrogens (primary N) is 1. The van der Waals surface area contributed by atoms with Crippen molar-refractivity contribution >= 4 is 17.2 Å². The standard InChI is InChI=1S/C16H19N3O/c1-11-8-9-15(13(10-11)16(17)18-20)19(3)14-7-5-4-6-12(14)2/h4-10,20H,1-3H3,(H2,17,18). The number of oxime groups is 1. The van der Waals surface area contributed by atoms with E-state index in [4.69, 9.17) is 10.9 Å². The van der Waals surface area contributed by atoms with Gasteiger partial charge in [0.15, 0.2) is 5.84 Å². The van der Waals surface area contributed by atoms with Crippen molar-refractivity contribution in [2.45, 2.75) is 13.8 Å². The van der Waals surface area contributed by atoms with E-state index in [1.807, 2.05) is 55.3 Å². The van der Waals surface area contributed by atoms with E-state index >= 15 is 0 Å². The summed E-state index contributed by atoms with van der Waals surface area (Å²) in [5.74, 6) is 0.115. The number of hydrogen-bond acceptors (Lipinski definition) is 3. The van der Waals surface area contributed by atoms with E-state index in [9.17, 15) is 0 Å². The molecule has 0 bridgehead atoms. The summed E-state index contributed by atoms with van der Waals surface area (Å²) in [6.45, 7) is 4.04. The van der Waals surface area contributed by atoms with Gasteiger partial charge in [-0.1, -0.05) is 35.0 Å². The Kier molecular flexibility index (Phi) is 3.94. The van der Waals surface area contributed by atoms with Crippen molar-refractivity contribution in [2.24, 2.45) is 10.9 Å². The number of amidine groups is 1. The van der Waals surface area contributed by atoms with E-state index in [1.54, 1.807) is 0 Å². The Hall–Kier alpha value is -2.49. The molecule has 20 heavy (non-hydrogen) atoms. The summed E-state index contributed by atoms with van der Waals surface area (Å²) < 4.78 is 0. The summed E-state index contributed by atoms with van der Waals surface area (Å²) in [4.78, 5) is 2.04. The highest BCUT2D eigenvalue weighted by atomic mass is 16.4. The first kappa shape index (κ1) is 13.9. The van der Waals surface area contributed by atoms with E-state index in [2.05, 4.69) is 18.1 Å². The summed E-state index contributed by atoms with van der Waals surface area (Å²) in [6, 6.07) is 14.0. The molecule has 0 atom stereocenters. The number of para-hydroxylation sites is 1. The van der Waals surface area contributed by atoms with Crippen LogP contribution in [0.25, 0.3) is 0 Å². The molecule has 2 aromatic rings. The van der Waals surface area contributed by atoms with Crippen LogP contribution in [0.3, 0.4) is 0 Å². The van der Waals surface area contributed by atoms with Crippen molar-refractivity contribution < 1.29 is 5.21 Å². The van der Waals surface area contributed by atoms with Gasteiger partial charge in [-0.3, -0.25) is 0 Å². The minimum Gasteiger partial charge on any atom is -0.409 e. The Labute approximate surface area is 119 Å². The fourth-order valence-corrected chi connectivity index (χ4v) is 2.27. The van der Waals surface area contributed by atoms with Gasteiger partial charge in [-0.15, -0.1) is 0 Å². The molecule has 104 valence electrons. The Balaban J connectivity index is 2.55. The summed E-state index contributed by atoms with van der Waals surface area (Å²) in [6.07, 6.45) is 0. The molecule has 2 rings (SSSR count). The Morgan fingerprint density at radius 1 is 1.10 bits per heavy atom. The molecule has 4 heteroatoms. The second-order valence-corrected chi connectivity index (χ2v) is 4.85. The first-order chi connectivity index (χ1) is 9.54. The fourth-order valence-electron chi connectivity index (χ4n) is 2.27. The van der Waals surface area contributed by atoms with E-state index in [0.29, 0.717) is 0 Å². The van der Waals surface area contributed by atoms with Gasteiger partial charge in [0.1, 0.15) is 0 Å². The molecule has 0 saturated carbocycles. The lowest BCUT2D eigenvalue weighted by Gasteiger charge is -2.24. The molecule has 0 amide bonds. The third kappa shape index (κ3) is 2.59. The number of anilines is 2. The van der Waals surface area contributed by atoms with Crippen LogP contribution in [-0.2, 0) is 0 Å². The summed E-state index contributed by atoms with van der Waals surface area (Å²) in [7, 11) is 1.97. The van der Waals surface area contributed by atoms with Crippen molar-refractivity contribution in [2.75, 3.05) is 11.9 Å². The van der Waals surface area contributed by atoms with E-state index in [1.165, 1.54) is 5.56 Å². The molecule has 0 aromatic heterocycles. The second-order valence-electron chi connectivity index (χ2n) is 4.85. The van der Waals surface area contributed by atoms with Gasteiger partial charge in [-0.05, 0) is 37.6 Å². The minimum atomic E-state index is 0.115. The van der Waals surface area contributed by atoms with Crippen molar-refractivity contribution in [3.05, 3.63) is 59.2 Å². The number of hydrogen-bond donors (Lipinski definition) is 2. The van der Waals surface area contributed by atoms with Gasteiger partial charge in [-0.2, -0.15) is 0 Å². The molecule has 0 unspecified atom stereocenters. The zero-order chi connectivity index (χ0) is 14.7. The number of rotatable bonds is 3. The SMILES string of the molecule is Cc1ccc(N(C)c2ccccc2C)c(/C(N)=N/O)c1. The highest BCUT2D eigenvalue weighted by Gasteiger charge is 2.13. The summed E-state index contributed by atoms with van der Waals surface area (Å²) in [5.41, 5.74) is 10.7. The maximum Gasteiger partial charge on any atom is 0.172 e. The minimum absolute atomic E-state index is 0.115. The summed E-state index contributed by atoms with van der Waals surface area (Å²) in [5, 5.41) is 12.1. The molecule has 0 spiro atoms. The summed E-state index contributed by atoms with van der Waals surface area (Å²) >= 11 is 0. The van der Waals surface area contributed by atoms with Gasteiger partial charge in [0.2, 0.25) is 0 Å². The topological polar surface area (TPSA) is 61.8 Å². The molecule has 0 fully saturated rings. The lowest BCUT2D eigenvalue weighted by atomic mass is 10.1. The molecular weight excluding hydrogens is 250 g/mol. The predicted molar refractivity (Wildman–Crippen MR) is 82.9 cm³/mol. The van der Waals surface area contributed by atoms with Gasteiger partial charge >= 0.3 is 0 Å². The molecule has 4 nitrogen and oxygen atoms in total. The zero-order valence-electron chi connectivity index (χ0n) is 12.0. The maximum atomic E-state index is 8.95.